The molecule has 6 nitrogen and oxygen atoms in total. The third-order valence-corrected chi connectivity index (χ3v) is 6.82. The minimum atomic E-state index is -0.122. The molecule has 1 aliphatic carbocycles. The molecule has 1 fully saturated rings. The maximum absolute atomic E-state index is 12.7. The zero-order valence-electron chi connectivity index (χ0n) is 16.1. The Morgan fingerprint density at radius 1 is 1.10 bits per heavy atom. The van der Waals surface area contributed by atoms with E-state index in [-0.39, 0.29) is 23.9 Å². The van der Waals surface area contributed by atoms with Gasteiger partial charge in [-0.2, -0.15) is 11.3 Å². The van der Waals surface area contributed by atoms with E-state index in [9.17, 15) is 9.59 Å². The third kappa shape index (κ3) is 5.19. The van der Waals surface area contributed by atoms with Gasteiger partial charge < -0.3 is 10.6 Å². The molecule has 2 atom stereocenters. The zero-order valence-corrected chi connectivity index (χ0v) is 17.7. The summed E-state index contributed by atoms with van der Waals surface area (Å²) in [5, 5.41) is 14.5. The molecule has 1 aliphatic rings. The topological polar surface area (TPSA) is 84.0 Å². The largest absolute Gasteiger partial charge is 0.351 e. The average Bonchev–Trinajstić information content (AvgIpc) is 3.40. The van der Waals surface area contributed by atoms with Gasteiger partial charge in [-0.1, -0.05) is 17.3 Å². The average molecular weight is 429 g/mol. The van der Waals surface area contributed by atoms with Crippen LogP contribution in [0.1, 0.15) is 54.4 Å². The van der Waals surface area contributed by atoms with Crippen molar-refractivity contribution in [2.45, 2.75) is 57.0 Å². The number of thiophene rings is 1. The van der Waals surface area contributed by atoms with Crippen LogP contribution in [0.2, 0.25) is 0 Å². The zero-order chi connectivity index (χ0) is 20.1. The monoisotopic (exact) mass is 428 g/mol. The van der Waals surface area contributed by atoms with Crippen molar-refractivity contribution in [2.75, 3.05) is 0 Å². The van der Waals surface area contributed by atoms with Gasteiger partial charge in [0.1, 0.15) is 5.52 Å². The van der Waals surface area contributed by atoms with Gasteiger partial charge in [0, 0.05) is 24.1 Å². The van der Waals surface area contributed by atoms with Crippen LogP contribution in [0.5, 0.6) is 0 Å². The van der Waals surface area contributed by atoms with Gasteiger partial charge in [0.05, 0.1) is 4.70 Å². The molecular formula is C21H24N4O2S2. The molecule has 3 aromatic rings. The van der Waals surface area contributed by atoms with Crippen LogP contribution < -0.4 is 10.6 Å². The van der Waals surface area contributed by atoms with Crippen LogP contribution in [0.15, 0.2) is 35.0 Å². The van der Waals surface area contributed by atoms with Crippen LogP contribution in [0, 0.1) is 0 Å². The third-order valence-electron chi connectivity index (χ3n) is 5.39. The highest BCUT2D eigenvalue weighted by Gasteiger charge is 2.28. The molecule has 1 saturated carbocycles. The van der Waals surface area contributed by atoms with E-state index in [2.05, 4.69) is 37.0 Å². The molecule has 29 heavy (non-hydrogen) atoms. The Balaban J connectivity index is 1.31. The first-order chi connectivity index (χ1) is 14.2. The van der Waals surface area contributed by atoms with E-state index in [0.29, 0.717) is 12.0 Å². The molecule has 2 amide bonds. The van der Waals surface area contributed by atoms with Gasteiger partial charge in [0.25, 0.3) is 5.91 Å². The number of amides is 2. The molecule has 2 aromatic heterocycles. The highest BCUT2D eigenvalue weighted by molar-refractivity contribution is 7.12. The molecule has 2 heterocycles. The van der Waals surface area contributed by atoms with Crippen molar-refractivity contribution in [1.29, 1.82) is 0 Å². The summed E-state index contributed by atoms with van der Waals surface area (Å²) in [5.41, 5.74) is 2.61. The van der Waals surface area contributed by atoms with Crippen molar-refractivity contribution in [3.05, 3.63) is 46.2 Å². The number of fused-ring (bicyclic) bond motifs is 1. The quantitative estimate of drug-likeness (QED) is 0.597. The lowest BCUT2D eigenvalue weighted by Crippen LogP contribution is -2.53. The fraction of sp³-hybridized carbons (Fsp3) is 0.429. The molecular weight excluding hydrogens is 404 g/mol. The lowest BCUT2D eigenvalue weighted by atomic mass is 9.89. The van der Waals surface area contributed by atoms with Crippen molar-refractivity contribution >= 4 is 44.9 Å². The summed E-state index contributed by atoms with van der Waals surface area (Å²) in [6.07, 6.45) is 6.19. The van der Waals surface area contributed by atoms with Crippen LogP contribution in [-0.2, 0) is 11.2 Å². The van der Waals surface area contributed by atoms with E-state index in [1.54, 1.807) is 23.5 Å². The number of nitrogens with zero attached hydrogens (tertiary/aromatic N) is 2. The van der Waals surface area contributed by atoms with Gasteiger partial charge in [-0.25, -0.2) is 0 Å². The van der Waals surface area contributed by atoms with E-state index in [1.807, 2.05) is 6.07 Å². The van der Waals surface area contributed by atoms with Crippen molar-refractivity contribution in [3.8, 4) is 0 Å². The number of carbonyl (C=O) groups excluding carboxylic acids is 2. The first-order valence-electron chi connectivity index (χ1n) is 10.0. The molecule has 152 valence electrons. The Bertz CT molecular complexity index is 970. The molecule has 0 spiro atoms. The van der Waals surface area contributed by atoms with Gasteiger partial charge in [-0.3, -0.25) is 9.59 Å². The summed E-state index contributed by atoms with van der Waals surface area (Å²) < 4.78 is 4.88. The number of aryl methyl sites for hydroxylation is 1. The number of hydrogen-bond donors (Lipinski definition) is 2. The summed E-state index contributed by atoms with van der Waals surface area (Å²) in [7, 11) is 0. The van der Waals surface area contributed by atoms with Crippen LogP contribution in [0.3, 0.4) is 0 Å². The Morgan fingerprint density at radius 3 is 2.72 bits per heavy atom. The molecule has 1 aromatic carbocycles. The van der Waals surface area contributed by atoms with Gasteiger partial charge in [0.2, 0.25) is 5.91 Å². The van der Waals surface area contributed by atoms with E-state index in [4.69, 9.17) is 0 Å². The van der Waals surface area contributed by atoms with Crippen LogP contribution in [-0.4, -0.2) is 33.5 Å². The molecule has 0 aliphatic heterocycles. The Hall–Kier alpha value is -2.32. The summed E-state index contributed by atoms with van der Waals surface area (Å²) in [4.78, 5) is 25.2. The van der Waals surface area contributed by atoms with Crippen LogP contribution in [0.25, 0.3) is 10.2 Å². The minimum absolute atomic E-state index is 0.00832. The summed E-state index contributed by atoms with van der Waals surface area (Å²) in [5.74, 6) is -0.0511. The van der Waals surface area contributed by atoms with Crippen molar-refractivity contribution in [1.82, 2.24) is 20.2 Å². The predicted molar refractivity (Wildman–Crippen MR) is 116 cm³/mol. The van der Waals surface area contributed by atoms with Crippen molar-refractivity contribution < 1.29 is 9.59 Å². The molecule has 4 rings (SSSR count). The van der Waals surface area contributed by atoms with Gasteiger partial charge in [-0.15, -0.1) is 5.10 Å². The standard InChI is InChI=1S/C21H24N4O2S2/c26-20(7-3-4-14-10-11-28-13-14)22-16-5-1-2-6-17(16)23-21(27)15-8-9-19-18(12-15)24-25-29-19/h8-13,16-17H,1-7H2,(H,22,26)(H,23,27)/t16-,17-/m1/s1. The molecule has 0 saturated heterocycles. The molecule has 0 unspecified atom stereocenters. The van der Waals surface area contributed by atoms with Gasteiger partial charge in [-0.05, 0) is 77.8 Å². The lowest BCUT2D eigenvalue weighted by Gasteiger charge is -2.33. The second-order valence-electron chi connectivity index (χ2n) is 7.48. The molecule has 0 bridgehead atoms. The normalized spacial score (nSPS) is 19.2. The van der Waals surface area contributed by atoms with E-state index in [0.717, 1.165) is 48.7 Å². The number of rotatable bonds is 7. The van der Waals surface area contributed by atoms with Crippen molar-refractivity contribution in [3.63, 3.8) is 0 Å². The molecule has 8 heteroatoms. The number of benzene rings is 1. The Kier molecular flexibility index (Phi) is 6.51. The highest BCUT2D eigenvalue weighted by atomic mass is 32.1. The lowest BCUT2D eigenvalue weighted by molar-refractivity contribution is -0.122. The summed E-state index contributed by atoms with van der Waals surface area (Å²) in [6.45, 7) is 0. The number of hydrogen-bond acceptors (Lipinski definition) is 6. The minimum Gasteiger partial charge on any atom is -0.351 e. The first-order valence-corrected chi connectivity index (χ1v) is 11.7. The first kappa shape index (κ1) is 20.0. The maximum Gasteiger partial charge on any atom is 0.251 e. The van der Waals surface area contributed by atoms with E-state index >= 15 is 0 Å². The Morgan fingerprint density at radius 2 is 1.93 bits per heavy atom. The van der Waals surface area contributed by atoms with Crippen LogP contribution >= 0.6 is 22.9 Å². The molecule has 2 N–H and O–H groups in total. The smallest absolute Gasteiger partial charge is 0.251 e. The second-order valence-corrected chi connectivity index (χ2v) is 9.04. The molecule has 0 radical (unpaired) electrons. The van der Waals surface area contributed by atoms with E-state index < -0.39 is 0 Å². The SMILES string of the molecule is O=C(CCCc1ccsc1)N[C@@H]1CCCC[C@H]1NC(=O)c1ccc2snnc2c1. The second kappa shape index (κ2) is 9.45. The fourth-order valence-electron chi connectivity index (χ4n) is 3.82. The number of aromatic nitrogens is 2. The maximum atomic E-state index is 12.7. The Labute approximate surface area is 177 Å². The van der Waals surface area contributed by atoms with Crippen molar-refractivity contribution in [2.24, 2.45) is 0 Å². The summed E-state index contributed by atoms with van der Waals surface area (Å²) >= 11 is 3.00. The van der Waals surface area contributed by atoms with Gasteiger partial charge >= 0.3 is 0 Å². The highest BCUT2D eigenvalue weighted by Crippen LogP contribution is 2.21. The van der Waals surface area contributed by atoms with Crippen LogP contribution in [0.4, 0.5) is 0 Å². The number of carbonyl (C=O) groups is 2. The van der Waals surface area contributed by atoms with Gasteiger partial charge in [0.15, 0.2) is 0 Å². The van der Waals surface area contributed by atoms with E-state index in [1.165, 1.54) is 17.1 Å². The number of nitrogens with one attached hydrogen (secondary N) is 2. The summed E-state index contributed by atoms with van der Waals surface area (Å²) in [6, 6.07) is 7.51. The predicted octanol–water partition coefficient (Wildman–Crippen LogP) is 3.93. The fourth-order valence-corrected chi connectivity index (χ4v) is 5.06.